The highest BCUT2D eigenvalue weighted by atomic mass is 19.4. The Balaban J connectivity index is 1.57. The molecule has 2 aromatic rings. The van der Waals surface area contributed by atoms with Crippen LogP contribution in [0.2, 0.25) is 0 Å². The van der Waals surface area contributed by atoms with Crippen molar-refractivity contribution < 1.29 is 18.1 Å². The maximum Gasteiger partial charge on any atom is 0.416 e. The molecule has 0 saturated carbocycles. The van der Waals surface area contributed by atoms with Gasteiger partial charge < -0.3 is 4.90 Å². The number of hydrogen-bond donors (Lipinski definition) is 0. The molecule has 172 valence electrons. The van der Waals surface area contributed by atoms with E-state index in [0.717, 1.165) is 38.5 Å². The van der Waals surface area contributed by atoms with E-state index in [2.05, 4.69) is 9.80 Å². The topological polar surface area (TPSA) is 49.6 Å². The number of para-hydroxylation sites is 1. The van der Waals surface area contributed by atoms with E-state index < -0.39 is 11.7 Å². The van der Waals surface area contributed by atoms with Gasteiger partial charge in [0.25, 0.3) is 5.69 Å². The molecule has 8 heteroatoms. The minimum Gasteiger partial charge on any atom is -0.303 e. The lowest BCUT2D eigenvalue weighted by Gasteiger charge is -2.31. The van der Waals surface area contributed by atoms with Gasteiger partial charge in [-0.1, -0.05) is 42.8 Å². The predicted molar refractivity (Wildman–Crippen MR) is 116 cm³/mol. The number of nitrogens with zero attached hydrogens (tertiary/aromatic N) is 3. The lowest BCUT2D eigenvalue weighted by molar-refractivity contribution is -0.385. The first kappa shape index (κ1) is 22.7. The van der Waals surface area contributed by atoms with Crippen molar-refractivity contribution in [2.45, 2.75) is 37.9 Å². The number of halogens is 3. The summed E-state index contributed by atoms with van der Waals surface area (Å²) in [5.41, 5.74) is 0.803. The molecule has 0 spiro atoms. The highest BCUT2D eigenvalue weighted by Gasteiger charge is 2.37. The van der Waals surface area contributed by atoms with Gasteiger partial charge in [-0.05, 0) is 43.5 Å². The summed E-state index contributed by atoms with van der Waals surface area (Å²) in [5, 5.41) is 11.4. The van der Waals surface area contributed by atoms with Crippen molar-refractivity contribution in [1.82, 2.24) is 9.80 Å². The summed E-state index contributed by atoms with van der Waals surface area (Å²) in [6.07, 6.45) is -0.842. The van der Waals surface area contributed by atoms with Gasteiger partial charge in [-0.15, -0.1) is 0 Å². The van der Waals surface area contributed by atoms with Crippen LogP contribution in [-0.2, 0) is 12.7 Å². The first-order chi connectivity index (χ1) is 15.3. The molecule has 4 rings (SSSR count). The second-order valence-corrected chi connectivity index (χ2v) is 8.93. The fourth-order valence-electron chi connectivity index (χ4n) is 5.14. The van der Waals surface area contributed by atoms with Gasteiger partial charge >= 0.3 is 6.18 Å². The summed E-state index contributed by atoms with van der Waals surface area (Å²) >= 11 is 0. The van der Waals surface area contributed by atoms with Gasteiger partial charge in [-0.3, -0.25) is 15.0 Å². The fourth-order valence-corrected chi connectivity index (χ4v) is 5.14. The van der Waals surface area contributed by atoms with E-state index >= 15 is 0 Å². The van der Waals surface area contributed by atoms with Crippen LogP contribution < -0.4 is 0 Å². The van der Waals surface area contributed by atoms with Crippen LogP contribution >= 0.6 is 0 Å². The minimum absolute atomic E-state index is 0.0398. The average molecular weight is 448 g/mol. The molecule has 2 fully saturated rings. The molecule has 2 aliphatic heterocycles. The number of hydrogen-bond acceptors (Lipinski definition) is 4. The zero-order valence-corrected chi connectivity index (χ0v) is 17.9. The van der Waals surface area contributed by atoms with Crippen LogP contribution in [-0.4, -0.2) is 47.4 Å². The number of likely N-dealkylation sites (tertiary alicyclic amines) is 2. The van der Waals surface area contributed by atoms with E-state index in [1.165, 1.54) is 24.6 Å². The Kier molecular flexibility index (Phi) is 6.81. The molecule has 2 atom stereocenters. The summed E-state index contributed by atoms with van der Waals surface area (Å²) in [7, 11) is 0. The minimum atomic E-state index is -4.37. The number of piperidine rings is 1. The fraction of sp³-hybridized carbons (Fsp3) is 0.500. The first-order valence-corrected chi connectivity index (χ1v) is 11.2. The molecule has 0 N–H and O–H groups in total. The average Bonchev–Trinajstić information content (AvgIpc) is 3.16. The summed E-state index contributed by atoms with van der Waals surface area (Å²) in [6.45, 7) is 4.61. The SMILES string of the molecule is O=[N+]([O-])c1ccccc1CN1C[C@@H](CN2CCCCC2)[C@H](c2cccc(C(F)(F)F)c2)C1. The van der Waals surface area contributed by atoms with Gasteiger partial charge in [0.15, 0.2) is 0 Å². The van der Waals surface area contributed by atoms with Gasteiger partial charge in [-0.25, -0.2) is 0 Å². The van der Waals surface area contributed by atoms with Crippen LogP contribution in [0.4, 0.5) is 18.9 Å². The standard InChI is InChI=1S/C24H28F3N3O2/c25-24(26,27)21-9-6-8-18(13-21)22-17-29(14-19-7-2-3-10-23(19)30(31)32)16-20(22)15-28-11-4-1-5-12-28/h2-3,6-10,13,20,22H,1,4-5,11-12,14-17H2/t20-,22+/m1/s1. The third-order valence-electron chi connectivity index (χ3n) is 6.68. The van der Waals surface area contributed by atoms with E-state index in [-0.39, 0.29) is 22.4 Å². The molecule has 32 heavy (non-hydrogen) atoms. The van der Waals surface area contributed by atoms with E-state index in [1.54, 1.807) is 24.3 Å². The van der Waals surface area contributed by atoms with Crippen molar-refractivity contribution in [2.75, 3.05) is 32.7 Å². The van der Waals surface area contributed by atoms with Crippen LogP contribution in [0.15, 0.2) is 48.5 Å². The number of alkyl halides is 3. The largest absolute Gasteiger partial charge is 0.416 e. The molecule has 2 saturated heterocycles. The number of nitro groups is 1. The smallest absolute Gasteiger partial charge is 0.303 e. The molecule has 5 nitrogen and oxygen atoms in total. The third-order valence-corrected chi connectivity index (χ3v) is 6.68. The van der Waals surface area contributed by atoms with Gasteiger partial charge in [0.2, 0.25) is 0 Å². The molecular weight excluding hydrogens is 419 g/mol. The second kappa shape index (κ2) is 9.58. The molecule has 0 aliphatic carbocycles. The van der Waals surface area contributed by atoms with Crippen LogP contribution in [0.25, 0.3) is 0 Å². The molecule has 0 unspecified atom stereocenters. The second-order valence-electron chi connectivity index (χ2n) is 8.93. The Bertz CT molecular complexity index is 944. The maximum atomic E-state index is 13.3. The van der Waals surface area contributed by atoms with Gasteiger partial charge in [0, 0.05) is 43.7 Å². The molecule has 2 aliphatic rings. The third kappa shape index (κ3) is 5.30. The van der Waals surface area contributed by atoms with E-state index in [1.807, 2.05) is 0 Å². The molecular formula is C24H28F3N3O2. The lowest BCUT2D eigenvalue weighted by atomic mass is 9.87. The molecule has 0 radical (unpaired) electrons. The number of benzene rings is 2. The van der Waals surface area contributed by atoms with Crippen molar-refractivity contribution in [3.05, 3.63) is 75.3 Å². The Morgan fingerprint density at radius 1 is 0.969 bits per heavy atom. The zero-order valence-electron chi connectivity index (χ0n) is 17.9. The van der Waals surface area contributed by atoms with E-state index in [9.17, 15) is 23.3 Å². The van der Waals surface area contributed by atoms with E-state index in [4.69, 9.17) is 0 Å². The van der Waals surface area contributed by atoms with Gasteiger partial charge in [-0.2, -0.15) is 13.2 Å². The van der Waals surface area contributed by atoms with Crippen molar-refractivity contribution in [3.8, 4) is 0 Å². The van der Waals surface area contributed by atoms with Gasteiger partial charge in [0.05, 0.1) is 10.5 Å². The number of nitro benzene ring substituents is 1. The zero-order chi connectivity index (χ0) is 22.7. The highest BCUT2D eigenvalue weighted by Crippen LogP contribution is 2.38. The molecule has 0 bridgehead atoms. The molecule has 0 aromatic heterocycles. The number of rotatable bonds is 6. The molecule has 2 heterocycles. The van der Waals surface area contributed by atoms with E-state index in [0.29, 0.717) is 30.8 Å². The van der Waals surface area contributed by atoms with Gasteiger partial charge in [0.1, 0.15) is 0 Å². The van der Waals surface area contributed by atoms with Crippen LogP contribution in [0.5, 0.6) is 0 Å². The maximum absolute atomic E-state index is 13.3. The summed E-state index contributed by atoms with van der Waals surface area (Å²) < 4.78 is 40.0. The highest BCUT2D eigenvalue weighted by molar-refractivity contribution is 5.40. The van der Waals surface area contributed by atoms with Crippen LogP contribution in [0, 0.1) is 16.0 Å². The Hall–Kier alpha value is -2.45. The summed E-state index contributed by atoms with van der Waals surface area (Å²) in [6, 6.07) is 12.4. The Labute approximate surface area is 186 Å². The summed E-state index contributed by atoms with van der Waals surface area (Å²) in [4.78, 5) is 15.6. The van der Waals surface area contributed by atoms with Crippen molar-refractivity contribution in [2.24, 2.45) is 5.92 Å². The van der Waals surface area contributed by atoms with Crippen LogP contribution in [0.3, 0.4) is 0 Å². The first-order valence-electron chi connectivity index (χ1n) is 11.2. The monoisotopic (exact) mass is 447 g/mol. The summed E-state index contributed by atoms with van der Waals surface area (Å²) in [5.74, 6) is 0.140. The predicted octanol–water partition coefficient (Wildman–Crippen LogP) is 5.32. The lowest BCUT2D eigenvalue weighted by Crippen LogP contribution is -2.36. The van der Waals surface area contributed by atoms with Crippen molar-refractivity contribution in [1.29, 1.82) is 0 Å². The Morgan fingerprint density at radius 3 is 2.44 bits per heavy atom. The van der Waals surface area contributed by atoms with Crippen LogP contribution in [0.1, 0.15) is 41.9 Å². The van der Waals surface area contributed by atoms with Crippen molar-refractivity contribution >= 4 is 5.69 Å². The molecule has 0 amide bonds. The quantitative estimate of drug-likeness (QED) is 0.445. The van der Waals surface area contributed by atoms with Crippen molar-refractivity contribution in [3.63, 3.8) is 0 Å². The normalized spacial score (nSPS) is 22.8. The Morgan fingerprint density at radius 2 is 1.72 bits per heavy atom. The molecule has 2 aromatic carbocycles.